The summed E-state index contributed by atoms with van der Waals surface area (Å²) in [4.78, 5) is 31.2. The molecule has 28 heavy (non-hydrogen) atoms. The maximum absolute atomic E-state index is 13.4. The Kier molecular flexibility index (Phi) is 4.82. The van der Waals surface area contributed by atoms with Crippen LogP contribution in [-0.2, 0) is 26.4 Å². The Balaban J connectivity index is 1.96. The van der Waals surface area contributed by atoms with Gasteiger partial charge in [0.1, 0.15) is 11.2 Å². The molecule has 0 atom stereocenters. The van der Waals surface area contributed by atoms with E-state index in [4.69, 9.17) is 4.98 Å². The van der Waals surface area contributed by atoms with Gasteiger partial charge < -0.3 is 4.57 Å². The van der Waals surface area contributed by atoms with Crippen molar-refractivity contribution in [1.29, 1.82) is 0 Å². The van der Waals surface area contributed by atoms with Crippen molar-refractivity contribution >= 4 is 21.9 Å². The van der Waals surface area contributed by atoms with Gasteiger partial charge in [0.25, 0.3) is 5.56 Å². The third-order valence-corrected chi connectivity index (χ3v) is 5.22. The quantitative estimate of drug-likeness (QED) is 0.504. The second-order valence-electron chi connectivity index (χ2n) is 7.07. The van der Waals surface area contributed by atoms with Gasteiger partial charge in [-0.2, -0.15) is 0 Å². The van der Waals surface area contributed by atoms with Crippen LogP contribution < -0.4 is 11.0 Å². The van der Waals surface area contributed by atoms with Gasteiger partial charge in [-0.1, -0.05) is 49.4 Å². The zero-order chi connectivity index (χ0) is 19.7. The van der Waals surface area contributed by atoms with Crippen LogP contribution in [0.15, 0.2) is 64.2 Å². The molecule has 4 rings (SSSR count). The van der Waals surface area contributed by atoms with E-state index in [1.54, 1.807) is 10.6 Å². The van der Waals surface area contributed by atoms with E-state index < -0.39 is 0 Å². The smallest absolute Gasteiger partial charge is 0.266 e. The zero-order valence-corrected chi connectivity index (χ0v) is 16.2. The maximum Gasteiger partial charge on any atom is 0.266 e. The molecule has 0 fully saturated rings. The second kappa shape index (κ2) is 7.43. The number of aromatic nitrogens is 3. The number of para-hydroxylation sites is 1. The molecular weight excluding hydrogens is 350 g/mol. The van der Waals surface area contributed by atoms with Crippen molar-refractivity contribution in [3.63, 3.8) is 0 Å². The van der Waals surface area contributed by atoms with E-state index in [2.05, 4.69) is 6.92 Å². The Hall–Kier alpha value is -3.21. The van der Waals surface area contributed by atoms with Gasteiger partial charge in [-0.25, -0.2) is 4.98 Å². The Labute approximate surface area is 162 Å². The Morgan fingerprint density at radius 1 is 0.929 bits per heavy atom. The molecular formula is C23H23N3O2. The number of hydrogen-bond donors (Lipinski definition) is 0. The van der Waals surface area contributed by atoms with Crippen molar-refractivity contribution in [2.75, 3.05) is 0 Å². The molecule has 0 saturated carbocycles. The van der Waals surface area contributed by atoms with E-state index in [1.807, 2.05) is 60.1 Å². The van der Waals surface area contributed by atoms with Crippen LogP contribution in [0.3, 0.4) is 0 Å². The molecule has 4 aromatic rings. The van der Waals surface area contributed by atoms with Gasteiger partial charge in [0.15, 0.2) is 5.65 Å². The van der Waals surface area contributed by atoms with Crippen LogP contribution in [0.2, 0.25) is 0 Å². The topological polar surface area (TPSA) is 56.9 Å². The van der Waals surface area contributed by atoms with Crippen molar-refractivity contribution in [1.82, 2.24) is 14.1 Å². The van der Waals surface area contributed by atoms with Crippen molar-refractivity contribution in [2.24, 2.45) is 7.05 Å². The molecule has 0 unspecified atom stereocenters. The van der Waals surface area contributed by atoms with E-state index in [9.17, 15) is 9.59 Å². The number of fused-ring (bicyclic) bond motifs is 2. The predicted molar refractivity (Wildman–Crippen MR) is 113 cm³/mol. The highest BCUT2D eigenvalue weighted by Gasteiger charge is 2.17. The van der Waals surface area contributed by atoms with Gasteiger partial charge in [-0.3, -0.25) is 14.2 Å². The largest absolute Gasteiger partial charge is 0.328 e. The third kappa shape index (κ3) is 3.03. The fourth-order valence-electron chi connectivity index (χ4n) is 3.77. The molecule has 0 spiro atoms. The van der Waals surface area contributed by atoms with Crippen LogP contribution in [0, 0.1) is 0 Å². The van der Waals surface area contributed by atoms with Crippen LogP contribution in [-0.4, -0.2) is 14.1 Å². The molecule has 0 bridgehead atoms. The number of aryl methyl sites for hydroxylation is 3. The summed E-state index contributed by atoms with van der Waals surface area (Å²) >= 11 is 0. The average molecular weight is 373 g/mol. The summed E-state index contributed by atoms with van der Waals surface area (Å²) in [5.41, 5.74) is 1.93. The van der Waals surface area contributed by atoms with Gasteiger partial charge in [0.05, 0.1) is 5.52 Å². The van der Waals surface area contributed by atoms with E-state index in [0.717, 1.165) is 29.7 Å². The summed E-state index contributed by atoms with van der Waals surface area (Å²) in [6.07, 6.45) is 2.30. The first kappa shape index (κ1) is 18.2. The van der Waals surface area contributed by atoms with Crippen molar-refractivity contribution in [2.45, 2.75) is 32.7 Å². The highest BCUT2D eigenvalue weighted by Crippen LogP contribution is 2.15. The fraction of sp³-hybridized carbons (Fsp3) is 0.261. The summed E-state index contributed by atoms with van der Waals surface area (Å²) < 4.78 is 3.54. The molecule has 0 aliphatic heterocycles. The highest BCUT2D eigenvalue weighted by molar-refractivity contribution is 5.91. The average Bonchev–Trinajstić information content (AvgIpc) is 2.72. The van der Waals surface area contributed by atoms with E-state index >= 15 is 0 Å². The van der Waals surface area contributed by atoms with E-state index in [-0.39, 0.29) is 16.4 Å². The van der Waals surface area contributed by atoms with Gasteiger partial charge in [-0.15, -0.1) is 0 Å². The summed E-state index contributed by atoms with van der Waals surface area (Å²) in [7, 11) is 1.86. The number of pyridine rings is 1. The van der Waals surface area contributed by atoms with Gasteiger partial charge in [0, 0.05) is 25.4 Å². The van der Waals surface area contributed by atoms with Crippen molar-refractivity contribution in [3.05, 3.63) is 86.6 Å². The molecule has 0 amide bonds. The molecule has 5 nitrogen and oxygen atoms in total. The Bertz CT molecular complexity index is 1270. The number of benzene rings is 2. The summed E-state index contributed by atoms with van der Waals surface area (Å²) in [5, 5.41) is 0.725. The lowest BCUT2D eigenvalue weighted by molar-refractivity contribution is 0.607. The monoisotopic (exact) mass is 373 g/mol. The van der Waals surface area contributed by atoms with Gasteiger partial charge in [-0.05, 0) is 30.5 Å². The highest BCUT2D eigenvalue weighted by atomic mass is 16.1. The molecule has 0 N–H and O–H groups in total. The minimum atomic E-state index is -0.240. The first-order valence-corrected chi connectivity index (χ1v) is 9.67. The Morgan fingerprint density at radius 3 is 2.39 bits per heavy atom. The summed E-state index contributed by atoms with van der Waals surface area (Å²) in [6, 6.07) is 17.4. The number of nitrogens with zero attached hydrogens (tertiary/aromatic N) is 3. The Morgan fingerprint density at radius 2 is 1.64 bits per heavy atom. The molecule has 0 radical (unpaired) electrons. The second-order valence-corrected chi connectivity index (χ2v) is 7.07. The molecule has 0 aliphatic carbocycles. The first-order valence-electron chi connectivity index (χ1n) is 9.67. The zero-order valence-electron chi connectivity index (χ0n) is 16.2. The molecule has 142 valence electrons. The van der Waals surface area contributed by atoms with Gasteiger partial charge >= 0.3 is 0 Å². The van der Waals surface area contributed by atoms with Gasteiger partial charge in [0.2, 0.25) is 5.43 Å². The molecule has 2 heterocycles. The first-order chi connectivity index (χ1) is 13.6. The minimum Gasteiger partial charge on any atom is -0.328 e. The lowest BCUT2D eigenvalue weighted by Crippen LogP contribution is -2.31. The maximum atomic E-state index is 13.4. The minimum absolute atomic E-state index is 0.175. The molecule has 2 aromatic carbocycles. The SMILES string of the molecule is CCCc1nc2c(c(=O)c3ccccc3n2C)c(=O)n1CCc1ccccc1. The lowest BCUT2D eigenvalue weighted by Gasteiger charge is -2.16. The molecule has 5 heteroatoms. The summed E-state index contributed by atoms with van der Waals surface area (Å²) in [6.45, 7) is 2.58. The normalized spacial score (nSPS) is 11.4. The van der Waals surface area contributed by atoms with E-state index in [1.165, 1.54) is 0 Å². The van der Waals surface area contributed by atoms with Crippen molar-refractivity contribution < 1.29 is 0 Å². The fourth-order valence-corrected chi connectivity index (χ4v) is 3.77. The summed E-state index contributed by atoms with van der Waals surface area (Å²) in [5.74, 6) is 0.737. The van der Waals surface area contributed by atoms with E-state index in [0.29, 0.717) is 24.0 Å². The van der Waals surface area contributed by atoms with Crippen LogP contribution in [0.5, 0.6) is 0 Å². The third-order valence-electron chi connectivity index (χ3n) is 5.22. The lowest BCUT2D eigenvalue weighted by atomic mass is 10.1. The molecule has 2 aromatic heterocycles. The molecule has 0 aliphatic rings. The van der Waals surface area contributed by atoms with Crippen LogP contribution >= 0.6 is 0 Å². The van der Waals surface area contributed by atoms with Crippen LogP contribution in [0.25, 0.3) is 21.9 Å². The standard InChI is InChI=1S/C23H23N3O2/c1-3-9-19-24-22-20(21(27)17-12-7-8-13-18(17)25(22)2)23(28)26(19)15-14-16-10-5-4-6-11-16/h4-8,10-13H,3,9,14-15H2,1-2H3. The van der Waals surface area contributed by atoms with Crippen molar-refractivity contribution in [3.8, 4) is 0 Å². The number of hydrogen-bond acceptors (Lipinski definition) is 3. The predicted octanol–water partition coefficient (Wildman–Crippen LogP) is 3.44. The van der Waals surface area contributed by atoms with Crippen LogP contribution in [0.4, 0.5) is 0 Å². The number of rotatable bonds is 5. The molecule has 0 saturated heterocycles. The van der Waals surface area contributed by atoms with Crippen LogP contribution in [0.1, 0.15) is 24.7 Å².